The molecule has 1 rings (SSSR count). The number of hydrogen-bond acceptors (Lipinski definition) is 4. The van der Waals surface area contributed by atoms with Crippen LogP contribution in [0.2, 0.25) is 0 Å². The Morgan fingerprint density at radius 2 is 2.05 bits per heavy atom. The third-order valence-corrected chi connectivity index (χ3v) is 3.26. The van der Waals surface area contributed by atoms with E-state index in [1.807, 2.05) is 51.0 Å². The van der Waals surface area contributed by atoms with E-state index in [4.69, 9.17) is 0 Å². The van der Waals surface area contributed by atoms with Gasteiger partial charge in [0, 0.05) is 20.6 Å². The van der Waals surface area contributed by atoms with Gasteiger partial charge >= 0.3 is 6.03 Å². The highest BCUT2D eigenvalue weighted by atomic mass is 16.3. The van der Waals surface area contributed by atoms with Crippen LogP contribution < -0.4 is 15.5 Å². The van der Waals surface area contributed by atoms with Crippen LogP contribution in [0.15, 0.2) is 18.2 Å². The Bertz CT molecular complexity index is 487. The Hall–Kier alpha value is -1.82. The quantitative estimate of drug-likeness (QED) is 0.717. The number of aliphatic hydroxyl groups is 1. The Morgan fingerprint density at radius 1 is 1.36 bits per heavy atom. The van der Waals surface area contributed by atoms with Crippen molar-refractivity contribution < 1.29 is 9.90 Å². The number of urea groups is 1. The second-order valence-electron chi connectivity index (χ2n) is 6.64. The summed E-state index contributed by atoms with van der Waals surface area (Å²) in [5.41, 5.74) is 0.666. The molecule has 0 saturated carbocycles. The number of aromatic nitrogens is 1. The molecule has 0 aromatic carbocycles. The van der Waals surface area contributed by atoms with Gasteiger partial charge in [-0.25, -0.2) is 9.78 Å². The van der Waals surface area contributed by atoms with Crippen LogP contribution in [-0.2, 0) is 6.54 Å². The molecule has 0 aliphatic carbocycles. The molecule has 3 N–H and O–H groups in total. The lowest BCUT2D eigenvalue weighted by Crippen LogP contribution is -2.41. The number of pyridine rings is 1. The highest BCUT2D eigenvalue weighted by Crippen LogP contribution is 2.20. The fourth-order valence-electron chi connectivity index (χ4n) is 2.24. The van der Waals surface area contributed by atoms with Gasteiger partial charge in [-0.1, -0.05) is 19.9 Å². The number of nitrogens with one attached hydrogen (secondary N) is 2. The first kappa shape index (κ1) is 18.2. The van der Waals surface area contributed by atoms with Crippen LogP contribution in [0.25, 0.3) is 0 Å². The molecule has 0 aliphatic heterocycles. The fourth-order valence-corrected chi connectivity index (χ4v) is 2.24. The van der Waals surface area contributed by atoms with Gasteiger partial charge in [0.15, 0.2) is 0 Å². The van der Waals surface area contributed by atoms with Crippen LogP contribution in [0.3, 0.4) is 0 Å². The summed E-state index contributed by atoms with van der Waals surface area (Å²) in [5, 5.41) is 15.1. The van der Waals surface area contributed by atoms with Crippen molar-refractivity contribution in [3.63, 3.8) is 0 Å². The van der Waals surface area contributed by atoms with Crippen LogP contribution in [0.4, 0.5) is 10.6 Å². The lowest BCUT2D eigenvalue weighted by Gasteiger charge is -2.26. The lowest BCUT2D eigenvalue weighted by molar-refractivity contribution is 0.129. The third-order valence-electron chi connectivity index (χ3n) is 3.26. The molecule has 1 unspecified atom stereocenters. The highest BCUT2D eigenvalue weighted by molar-refractivity contribution is 5.73. The number of rotatable bonds is 7. The normalized spacial score (nSPS) is 12.6. The van der Waals surface area contributed by atoms with Gasteiger partial charge in [-0.2, -0.15) is 0 Å². The van der Waals surface area contributed by atoms with E-state index < -0.39 is 0 Å². The maximum Gasteiger partial charge on any atom is 0.315 e. The van der Waals surface area contributed by atoms with Gasteiger partial charge in [0.25, 0.3) is 0 Å². The summed E-state index contributed by atoms with van der Waals surface area (Å²) in [5.74, 6) is 0.859. The summed E-state index contributed by atoms with van der Waals surface area (Å²) in [7, 11) is 3.85. The van der Waals surface area contributed by atoms with E-state index in [0.717, 1.165) is 11.5 Å². The van der Waals surface area contributed by atoms with Gasteiger partial charge in [0.05, 0.1) is 18.3 Å². The summed E-state index contributed by atoms with van der Waals surface area (Å²) in [6.45, 7) is 6.68. The van der Waals surface area contributed by atoms with Crippen LogP contribution in [0.5, 0.6) is 0 Å². The molecule has 0 radical (unpaired) electrons. The Labute approximate surface area is 132 Å². The van der Waals surface area contributed by atoms with Crippen LogP contribution >= 0.6 is 0 Å². The number of carbonyl (C=O) groups is 1. The Balaban J connectivity index is 2.42. The van der Waals surface area contributed by atoms with Gasteiger partial charge < -0.3 is 20.6 Å². The Morgan fingerprint density at radius 3 is 2.64 bits per heavy atom. The van der Waals surface area contributed by atoms with Crippen LogP contribution in [0, 0.1) is 5.41 Å². The molecule has 0 spiro atoms. The number of hydrogen-bond donors (Lipinski definition) is 3. The number of aliphatic hydroxyl groups excluding tert-OH is 1. The fraction of sp³-hybridized carbons (Fsp3) is 0.625. The molecule has 6 heteroatoms. The summed E-state index contributed by atoms with van der Waals surface area (Å²) in [4.78, 5) is 18.2. The van der Waals surface area contributed by atoms with Crippen molar-refractivity contribution in [1.29, 1.82) is 0 Å². The molecule has 0 bridgehead atoms. The largest absolute Gasteiger partial charge is 0.393 e. The maximum atomic E-state index is 11.8. The second-order valence-corrected chi connectivity index (χ2v) is 6.64. The molecular weight excluding hydrogens is 280 g/mol. The van der Waals surface area contributed by atoms with Crippen molar-refractivity contribution in [3.8, 4) is 0 Å². The molecule has 6 nitrogen and oxygen atoms in total. The molecule has 0 fully saturated rings. The average Bonchev–Trinajstić information content (AvgIpc) is 2.42. The molecule has 124 valence electrons. The lowest BCUT2D eigenvalue weighted by atomic mass is 9.87. The van der Waals surface area contributed by atoms with Crippen molar-refractivity contribution in [3.05, 3.63) is 23.9 Å². The minimum absolute atomic E-state index is 0.144. The SMILES string of the molecule is CC(O)CC(C)(C)CNC(=O)NCc1cccc(N(C)C)n1. The number of anilines is 1. The summed E-state index contributed by atoms with van der Waals surface area (Å²) in [6, 6.07) is 5.49. The predicted molar refractivity (Wildman–Crippen MR) is 88.9 cm³/mol. The number of nitrogens with zero attached hydrogens (tertiary/aromatic N) is 2. The van der Waals surface area contributed by atoms with Gasteiger partial charge in [0.1, 0.15) is 5.82 Å². The van der Waals surface area contributed by atoms with E-state index in [2.05, 4.69) is 15.6 Å². The maximum absolute atomic E-state index is 11.8. The van der Waals surface area contributed by atoms with Gasteiger partial charge in [-0.3, -0.25) is 0 Å². The van der Waals surface area contributed by atoms with Crippen LogP contribution in [-0.4, -0.2) is 42.9 Å². The molecule has 2 amide bonds. The molecule has 22 heavy (non-hydrogen) atoms. The zero-order valence-corrected chi connectivity index (χ0v) is 14.2. The van der Waals surface area contributed by atoms with Crippen molar-refractivity contribution in [2.24, 2.45) is 5.41 Å². The van der Waals surface area contributed by atoms with E-state index >= 15 is 0 Å². The topological polar surface area (TPSA) is 77.5 Å². The number of amides is 2. The van der Waals surface area contributed by atoms with E-state index in [9.17, 15) is 9.90 Å². The minimum Gasteiger partial charge on any atom is -0.393 e. The molecule has 1 heterocycles. The molecular formula is C16H28N4O2. The van der Waals surface area contributed by atoms with E-state index in [-0.39, 0.29) is 17.6 Å². The van der Waals surface area contributed by atoms with E-state index in [1.165, 1.54) is 0 Å². The van der Waals surface area contributed by atoms with Crippen molar-refractivity contribution >= 4 is 11.8 Å². The molecule has 1 atom stereocenters. The van der Waals surface area contributed by atoms with Gasteiger partial charge in [-0.05, 0) is 30.9 Å². The van der Waals surface area contributed by atoms with Crippen LogP contribution in [0.1, 0.15) is 32.9 Å². The second kappa shape index (κ2) is 7.98. The van der Waals surface area contributed by atoms with Gasteiger partial charge in [0.2, 0.25) is 0 Å². The molecule has 0 saturated heterocycles. The number of carbonyl (C=O) groups excluding carboxylic acids is 1. The monoisotopic (exact) mass is 308 g/mol. The summed E-state index contributed by atoms with van der Waals surface area (Å²) in [6.07, 6.45) is 0.262. The first-order valence-corrected chi connectivity index (χ1v) is 7.52. The summed E-state index contributed by atoms with van der Waals surface area (Å²) < 4.78 is 0. The molecule has 1 aromatic heterocycles. The van der Waals surface area contributed by atoms with Crippen molar-refractivity contribution in [2.75, 3.05) is 25.5 Å². The van der Waals surface area contributed by atoms with E-state index in [1.54, 1.807) is 6.92 Å². The highest BCUT2D eigenvalue weighted by Gasteiger charge is 2.20. The Kier molecular flexibility index (Phi) is 6.61. The third kappa shape index (κ3) is 6.76. The zero-order chi connectivity index (χ0) is 16.8. The smallest absolute Gasteiger partial charge is 0.315 e. The summed E-state index contributed by atoms with van der Waals surface area (Å²) >= 11 is 0. The standard InChI is InChI=1S/C16H28N4O2/c1-12(21)9-16(2,3)11-18-15(22)17-10-13-7-6-8-14(19-13)20(4)5/h6-8,12,21H,9-11H2,1-5H3,(H2,17,18,22). The average molecular weight is 308 g/mol. The van der Waals surface area contributed by atoms with Crippen molar-refractivity contribution in [1.82, 2.24) is 15.6 Å². The van der Waals surface area contributed by atoms with Gasteiger partial charge in [-0.15, -0.1) is 0 Å². The minimum atomic E-state index is -0.377. The first-order chi connectivity index (χ1) is 10.2. The molecule has 0 aliphatic rings. The van der Waals surface area contributed by atoms with E-state index in [0.29, 0.717) is 19.5 Å². The predicted octanol–water partition coefficient (Wildman–Crippen LogP) is 1.74. The molecule has 1 aromatic rings. The first-order valence-electron chi connectivity index (χ1n) is 7.52. The van der Waals surface area contributed by atoms with Crippen molar-refractivity contribution in [2.45, 2.75) is 39.8 Å². The zero-order valence-electron chi connectivity index (χ0n) is 14.2.